The molecule has 0 unspecified atom stereocenters. The van der Waals surface area contributed by atoms with Crippen LogP contribution in [-0.4, -0.2) is 34.1 Å². The lowest BCUT2D eigenvalue weighted by molar-refractivity contribution is 0.417. The van der Waals surface area contributed by atoms with Crippen LogP contribution in [0.5, 0.6) is 0 Å². The summed E-state index contributed by atoms with van der Waals surface area (Å²) in [5, 5.41) is 24.9. The van der Waals surface area contributed by atoms with E-state index < -0.39 is 0 Å². The molecule has 2 aromatic rings. The van der Waals surface area contributed by atoms with Crippen LogP contribution < -0.4 is 5.32 Å². The molecule has 1 aliphatic heterocycles. The second-order valence-electron chi connectivity index (χ2n) is 5.82. The minimum atomic E-state index is -0.321. The first kappa shape index (κ1) is 18.2. The Morgan fingerprint density at radius 3 is 2.93 bits per heavy atom. The van der Waals surface area contributed by atoms with Crippen molar-refractivity contribution in [3.05, 3.63) is 71.5 Å². The molecule has 0 bridgehead atoms. The molecule has 8 heteroatoms. The minimum absolute atomic E-state index is 0.0778. The average molecular weight is 367 g/mol. The molecule has 0 atom stereocenters. The van der Waals surface area contributed by atoms with Crippen LogP contribution in [0.2, 0.25) is 0 Å². The second-order valence-corrected chi connectivity index (χ2v) is 5.82. The second kappa shape index (κ2) is 8.22. The van der Waals surface area contributed by atoms with Crippen molar-refractivity contribution in [2.75, 3.05) is 6.54 Å². The van der Waals surface area contributed by atoms with Crippen LogP contribution >= 0.6 is 0 Å². The topological polar surface area (TPSA) is 107 Å². The molecule has 27 heavy (non-hydrogen) atoms. The highest BCUT2D eigenvalue weighted by Gasteiger charge is 2.13. The average Bonchev–Trinajstić information content (AvgIpc) is 3.11. The van der Waals surface area contributed by atoms with Crippen molar-refractivity contribution in [2.45, 2.75) is 13.5 Å². The Bertz CT molecular complexity index is 958. The lowest BCUT2D eigenvalue weighted by Crippen LogP contribution is -2.19. The maximum absolute atomic E-state index is 13.9. The molecule has 0 spiro atoms. The van der Waals surface area contributed by atoms with Gasteiger partial charge in [0.25, 0.3) is 0 Å². The van der Waals surface area contributed by atoms with Crippen molar-refractivity contribution in [3.8, 4) is 0 Å². The van der Waals surface area contributed by atoms with Crippen molar-refractivity contribution >= 4 is 23.0 Å². The molecule has 0 saturated heterocycles. The Labute approximate surface area is 155 Å². The Hall–Kier alpha value is -3.55. The van der Waals surface area contributed by atoms with E-state index in [0.29, 0.717) is 28.4 Å². The summed E-state index contributed by atoms with van der Waals surface area (Å²) in [7, 11) is 0. The molecular weight excluding hydrogens is 349 g/mol. The van der Waals surface area contributed by atoms with Gasteiger partial charge in [-0.1, -0.05) is 23.4 Å². The largest absolute Gasteiger partial charge is 0.493 e. The normalized spacial score (nSPS) is 14.7. The quantitative estimate of drug-likeness (QED) is 0.681. The molecule has 1 aromatic carbocycles. The number of aliphatic hydroxyl groups is 1. The molecule has 1 aliphatic rings. The number of nitrogens with one attached hydrogen (secondary N) is 2. The summed E-state index contributed by atoms with van der Waals surface area (Å²) in [6, 6.07) is 8.07. The van der Waals surface area contributed by atoms with Gasteiger partial charge in [0.05, 0.1) is 23.7 Å². The zero-order valence-electron chi connectivity index (χ0n) is 14.6. The monoisotopic (exact) mass is 367 g/mol. The number of aliphatic imine (C=N–C) groups is 2. The zero-order chi connectivity index (χ0) is 19.2. The standard InChI is InChI=1S/C19H18FN5O2/c1-12-8-19(26)23-11-18(24-12)15(21)9-17(16-6-7-27-25-16)22-10-13-4-2-3-5-14(13)20/h2-9,21-22H,10-11H2,1H3,(H,23,26)/b17-9-,21-15?. The first-order valence-corrected chi connectivity index (χ1v) is 8.21. The Balaban J connectivity index is 1.84. The summed E-state index contributed by atoms with van der Waals surface area (Å²) >= 11 is 0. The SMILES string of the molecule is CC1=CC(O)=NCC(C(=N)/C=C(\NCc2ccccc2F)c2ccon2)=N1. The summed E-state index contributed by atoms with van der Waals surface area (Å²) in [4.78, 5) is 8.24. The van der Waals surface area contributed by atoms with E-state index in [4.69, 9.17) is 9.93 Å². The van der Waals surface area contributed by atoms with Gasteiger partial charge in [-0.05, 0) is 19.1 Å². The van der Waals surface area contributed by atoms with Gasteiger partial charge in [-0.3, -0.25) is 10.4 Å². The van der Waals surface area contributed by atoms with Gasteiger partial charge < -0.3 is 14.9 Å². The molecule has 3 N–H and O–H groups in total. The van der Waals surface area contributed by atoms with E-state index in [0.717, 1.165) is 0 Å². The lowest BCUT2D eigenvalue weighted by atomic mass is 10.1. The fourth-order valence-corrected chi connectivity index (χ4v) is 2.44. The van der Waals surface area contributed by atoms with E-state index in [1.807, 2.05) is 0 Å². The van der Waals surface area contributed by atoms with Gasteiger partial charge in [0.2, 0.25) is 5.90 Å². The number of hydrogen-bond acceptors (Lipinski definition) is 6. The van der Waals surface area contributed by atoms with Gasteiger partial charge >= 0.3 is 0 Å². The number of rotatable bonds is 6. The third-order valence-electron chi connectivity index (χ3n) is 3.78. The van der Waals surface area contributed by atoms with Crippen molar-refractivity contribution in [1.82, 2.24) is 10.5 Å². The number of hydrogen-bond donors (Lipinski definition) is 3. The number of allylic oxidation sites excluding steroid dienone is 2. The van der Waals surface area contributed by atoms with Crippen LogP contribution in [0.3, 0.4) is 0 Å². The summed E-state index contributed by atoms with van der Waals surface area (Å²) in [5.41, 5.74) is 2.48. The van der Waals surface area contributed by atoms with Crippen molar-refractivity contribution in [3.63, 3.8) is 0 Å². The lowest BCUT2D eigenvalue weighted by Gasteiger charge is -2.10. The summed E-state index contributed by atoms with van der Waals surface area (Å²) in [6.45, 7) is 2.00. The van der Waals surface area contributed by atoms with Gasteiger partial charge in [-0.25, -0.2) is 9.38 Å². The van der Waals surface area contributed by atoms with Crippen molar-refractivity contribution in [2.24, 2.45) is 9.98 Å². The van der Waals surface area contributed by atoms with Crippen molar-refractivity contribution in [1.29, 1.82) is 5.41 Å². The van der Waals surface area contributed by atoms with Gasteiger partial charge in [-0.2, -0.15) is 0 Å². The number of nitrogens with zero attached hydrogens (tertiary/aromatic N) is 3. The van der Waals surface area contributed by atoms with Crippen LogP contribution in [0.15, 0.2) is 69.0 Å². The maximum atomic E-state index is 13.9. The first-order chi connectivity index (χ1) is 13.0. The molecule has 0 saturated carbocycles. The van der Waals surface area contributed by atoms with Crippen LogP contribution in [0.25, 0.3) is 5.70 Å². The van der Waals surface area contributed by atoms with Crippen LogP contribution in [-0.2, 0) is 6.54 Å². The number of benzene rings is 1. The fourth-order valence-electron chi connectivity index (χ4n) is 2.44. The smallest absolute Gasteiger partial charge is 0.208 e. The Kier molecular flexibility index (Phi) is 5.55. The molecule has 2 heterocycles. The Morgan fingerprint density at radius 1 is 1.37 bits per heavy atom. The van der Waals surface area contributed by atoms with Crippen LogP contribution in [0.1, 0.15) is 18.2 Å². The molecule has 7 nitrogen and oxygen atoms in total. The molecule has 3 rings (SSSR count). The predicted octanol–water partition coefficient (Wildman–Crippen LogP) is 3.28. The van der Waals surface area contributed by atoms with E-state index in [1.54, 1.807) is 31.2 Å². The van der Waals surface area contributed by atoms with Crippen molar-refractivity contribution < 1.29 is 14.0 Å². The predicted molar refractivity (Wildman–Crippen MR) is 102 cm³/mol. The van der Waals surface area contributed by atoms with E-state index in [2.05, 4.69) is 20.5 Å². The first-order valence-electron chi connectivity index (χ1n) is 8.21. The van der Waals surface area contributed by atoms with Crippen LogP contribution in [0, 0.1) is 11.2 Å². The van der Waals surface area contributed by atoms with E-state index in [9.17, 15) is 9.50 Å². The number of aliphatic hydroxyl groups excluding tert-OH is 1. The molecular formula is C19H18FN5O2. The molecule has 138 valence electrons. The zero-order valence-corrected chi connectivity index (χ0v) is 14.6. The third kappa shape index (κ3) is 4.75. The highest BCUT2D eigenvalue weighted by atomic mass is 19.1. The van der Waals surface area contributed by atoms with Gasteiger partial charge in [-0.15, -0.1) is 0 Å². The number of halogens is 1. The summed E-state index contributed by atoms with van der Waals surface area (Å²) < 4.78 is 18.7. The molecule has 0 radical (unpaired) electrons. The highest BCUT2D eigenvalue weighted by Crippen LogP contribution is 2.13. The summed E-state index contributed by atoms with van der Waals surface area (Å²) in [5.74, 6) is -0.448. The minimum Gasteiger partial charge on any atom is -0.493 e. The van der Waals surface area contributed by atoms with E-state index >= 15 is 0 Å². The molecule has 0 fully saturated rings. The molecule has 0 aliphatic carbocycles. The van der Waals surface area contributed by atoms with E-state index in [-0.39, 0.29) is 30.5 Å². The fraction of sp³-hybridized carbons (Fsp3) is 0.158. The maximum Gasteiger partial charge on any atom is 0.208 e. The molecule has 0 amide bonds. The van der Waals surface area contributed by atoms with Crippen LogP contribution in [0.4, 0.5) is 4.39 Å². The molecule has 1 aromatic heterocycles. The third-order valence-corrected chi connectivity index (χ3v) is 3.78. The number of aromatic nitrogens is 1. The van der Waals surface area contributed by atoms with Gasteiger partial charge in [0, 0.05) is 29.9 Å². The highest BCUT2D eigenvalue weighted by molar-refractivity contribution is 6.47. The van der Waals surface area contributed by atoms with Gasteiger partial charge in [0.1, 0.15) is 17.8 Å². The Morgan fingerprint density at radius 2 is 2.19 bits per heavy atom. The van der Waals surface area contributed by atoms with E-state index in [1.165, 1.54) is 24.5 Å². The van der Waals surface area contributed by atoms with Gasteiger partial charge in [0.15, 0.2) is 0 Å². The summed E-state index contributed by atoms with van der Waals surface area (Å²) in [6.07, 6.45) is 4.37.